The van der Waals surface area contributed by atoms with Gasteiger partial charge in [0.05, 0.1) is 0 Å². The largest absolute Gasteiger partial charge is 0.352 e. The molecule has 1 aliphatic heterocycles. The molecule has 0 bridgehead atoms. The van der Waals surface area contributed by atoms with E-state index in [2.05, 4.69) is 24.2 Å². The van der Waals surface area contributed by atoms with Crippen LogP contribution in [0.3, 0.4) is 0 Å². The van der Waals surface area contributed by atoms with E-state index < -0.39 is 0 Å². The summed E-state index contributed by atoms with van der Waals surface area (Å²) in [4.78, 5) is 14.1. The van der Waals surface area contributed by atoms with Gasteiger partial charge in [0.15, 0.2) is 0 Å². The lowest BCUT2D eigenvalue weighted by Crippen LogP contribution is -2.51. The smallest absolute Gasteiger partial charge is 0.225 e. The maximum absolute atomic E-state index is 11.8. The van der Waals surface area contributed by atoms with Crippen LogP contribution in [0.2, 0.25) is 0 Å². The zero-order valence-electron chi connectivity index (χ0n) is 10.6. The van der Waals surface area contributed by atoms with Gasteiger partial charge in [0.1, 0.15) is 0 Å². The van der Waals surface area contributed by atoms with Gasteiger partial charge in [-0.15, -0.1) is 0 Å². The van der Waals surface area contributed by atoms with E-state index >= 15 is 0 Å². The van der Waals surface area contributed by atoms with Gasteiger partial charge in [-0.3, -0.25) is 4.79 Å². The number of rotatable bonds is 1. The number of nitrogens with one attached hydrogen (secondary N) is 1. The standard InChI is InChI=1S/C12H24N2O/c1-9-6-10(8-14(5)7-9)13-11(15)12(2,3)4/h9-10H,6-8H2,1-5H3,(H,13,15). The summed E-state index contributed by atoms with van der Waals surface area (Å²) in [5, 5.41) is 3.14. The molecule has 3 heteroatoms. The van der Waals surface area contributed by atoms with Gasteiger partial charge in [0, 0.05) is 24.5 Å². The maximum atomic E-state index is 11.8. The normalized spacial score (nSPS) is 28.9. The van der Waals surface area contributed by atoms with E-state index in [1.165, 1.54) is 0 Å². The van der Waals surface area contributed by atoms with Crippen LogP contribution in [0.1, 0.15) is 34.1 Å². The Morgan fingerprint density at radius 1 is 1.33 bits per heavy atom. The second-order valence-corrected chi connectivity index (χ2v) is 5.98. The summed E-state index contributed by atoms with van der Waals surface area (Å²) in [6.07, 6.45) is 1.10. The first-order valence-electron chi connectivity index (χ1n) is 5.78. The minimum atomic E-state index is -0.279. The van der Waals surface area contributed by atoms with Crippen molar-refractivity contribution in [2.45, 2.75) is 40.2 Å². The van der Waals surface area contributed by atoms with Crippen molar-refractivity contribution in [3.63, 3.8) is 0 Å². The second-order valence-electron chi connectivity index (χ2n) is 5.98. The van der Waals surface area contributed by atoms with Gasteiger partial charge in [0.2, 0.25) is 5.91 Å². The Labute approximate surface area is 93.2 Å². The molecule has 1 saturated heterocycles. The van der Waals surface area contributed by atoms with Crippen molar-refractivity contribution >= 4 is 5.91 Å². The Morgan fingerprint density at radius 2 is 1.93 bits per heavy atom. The van der Waals surface area contributed by atoms with Crippen molar-refractivity contribution in [2.24, 2.45) is 11.3 Å². The van der Waals surface area contributed by atoms with E-state index in [0.29, 0.717) is 12.0 Å². The first kappa shape index (κ1) is 12.5. The molecule has 2 unspecified atom stereocenters. The highest BCUT2D eigenvalue weighted by Crippen LogP contribution is 2.18. The molecule has 0 saturated carbocycles. The first-order chi connectivity index (χ1) is 6.79. The minimum absolute atomic E-state index is 0.162. The molecular weight excluding hydrogens is 188 g/mol. The van der Waals surface area contributed by atoms with Gasteiger partial charge in [-0.25, -0.2) is 0 Å². The lowest BCUT2D eigenvalue weighted by atomic mass is 9.92. The molecule has 0 spiro atoms. The Morgan fingerprint density at radius 3 is 2.40 bits per heavy atom. The van der Waals surface area contributed by atoms with Crippen molar-refractivity contribution < 1.29 is 4.79 Å². The number of carbonyl (C=O) groups is 1. The summed E-state index contributed by atoms with van der Waals surface area (Å²) in [7, 11) is 2.12. The molecule has 3 nitrogen and oxygen atoms in total. The molecule has 15 heavy (non-hydrogen) atoms. The van der Waals surface area contributed by atoms with Gasteiger partial charge < -0.3 is 10.2 Å². The summed E-state index contributed by atoms with van der Waals surface area (Å²) < 4.78 is 0. The molecular formula is C12H24N2O. The molecule has 88 valence electrons. The van der Waals surface area contributed by atoms with Crippen LogP contribution in [0.25, 0.3) is 0 Å². The van der Waals surface area contributed by atoms with Crippen molar-refractivity contribution in [1.29, 1.82) is 0 Å². The van der Waals surface area contributed by atoms with E-state index in [4.69, 9.17) is 0 Å². The molecule has 2 atom stereocenters. The zero-order chi connectivity index (χ0) is 11.6. The third-order valence-electron chi connectivity index (χ3n) is 2.86. The van der Waals surface area contributed by atoms with Gasteiger partial charge in [-0.05, 0) is 19.4 Å². The molecule has 0 aromatic rings. The number of likely N-dealkylation sites (N-methyl/N-ethyl adjacent to an activating group) is 1. The maximum Gasteiger partial charge on any atom is 0.225 e. The molecule has 0 radical (unpaired) electrons. The Kier molecular flexibility index (Phi) is 3.77. The fourth-order valence-electron chi connectivity index (χ4n) is 2.12. The van der Waals surface area contributed by atoms with Crippen molar-refractivity contribution in [3.05, 3.63) is 0 Å². The number of nitrogens with zero attached hydrogens (tertiary/aromatic N) is 1. The molecule has 1 heterocycles. The first-order valence-corrected chi connectivity index (χ1v) is 5.78. The zero-order valence-corrected chi connectivity index (χ0v) is 10.6. The number of hydrogen-bond acceptors (Lipinski definition) is 2. The average Bonchev–Trinajstić information content (AvgIpc) is 1.99. The molecule has 1 rings (SSSR count). The lowest BCUT2D eigenvalue weighted by Gasteiger charge is -2.35. The van der Waals surface area contributed by atoms with Gasteiger partial charge in [-0.2, -0.15) is 0 Å². The van der Waals surface area contributed by atoms with Crippen LogP contribution in [-0.2, 0) is 4.79 Å². The van der Waals surface area contributed by atoms with E-state index in [1.807, 2.05) is 20.8 Å². The Hall–Kier alpha value is -0.570. The van der Waals surface area contributed by atoms with Gasteiger partial charge in [0.25, 0.3) is 0 Å². The summed E-state index contributed by atoms with van der Waals surface area (Å²) >= 11 is 0. The molecule has 0 aromatic carbocycles. The summed E-state index contributed by atoms with van der Waals surface area (Å²) in [5.74, 6) is 0.837. The number of hydrogen-bond donors (Lipinski definition) is 1. The number of carbonyl (C=O) groups excluding carboxylic acids is 1. The summed E-state index contributed by atoms with van der Waals surface area (Å²) in [5.41, 5.74) is -0.279. The Balaban J connectivity index is 2.48. The fraction of sp³-hybridized carbons (Fsp3) is 0.917. The fourth-order valence-corrected chi connectivity index (χ4v) is 2.12. The van der Waals surface area contributed by atoms with Crippen LogP contribution in [0, 0.1) is 11.3 Å². The summed E-state index contributed by atoms with van der Waals surface area (Å²) in [6, 6.07) is 0.325. The van der Waals surface area contributed by atoms with E-state index in [1.54, 1.807) is 0 Å². The number of likely N-dealkylation sites (tertiary alicyclic amines) is 1. The molecule has 1 N–H and O–H groups in total. The predicted octanol–water partition coefficient (Wildman–Crippen LogP) is 1.49. The van der Waals surface area contributed by atoms with Gasteiger partial charge >= 0.3 is 0 Å². The molecule has 0 aromatic heterocycles. The topological polar surface area (TPSA) is 32.3 Å². The molecule has 1 aliphatic rings. The van der Waals surface area contributed by atoms with Crippen LogP contribution in [0.4, 0.5) is 0 Å². The quantitative estimate of drug-likeness (QED) is 0.714. The molecule has 0 aliphatic carbocycles. The monoisotopic (exact) mass is 212 g/mol. The number of piperidine rings is 1. The van der Waals surface area contributed by atoms with Crippen LogP contribution >= 0.6 is 0 Å². The van der Waals surface area contributed by atoms with Crippen molar-refractivity contribution in [3.8, 4) is 0 Å². The van der Waals surface area contributed by atoms with E-state index in [9.17, 15) is 4.79 Å². The minimum Gasteiger partial charge on any atom is -0.352 e. The Bertz CT molecular complexity index is 222. The van der Waals surface area contributed by atoms with Gasteiger partial charge in [-0.1, -0.05) is 27.7 Å². The SMILES string of the molecule is CC1CC(NC(=O)C(C)(C)C)CN(C)C1. The molecule has 1 fully saturated rings. The van der Waals surface area contributed by atoms with Crippen molar-refractivity contribution in [2.75, 3.05) is 20.1 Å². The molecule has 1 amide bonds. The summed E-state index contributed by atoms with van der Waals surface area (Å²) in [6.45, 7) is 10.2. The van der Waals surface area contributed by atoms with Crippen LogP contribution in [0.15, 0.2) is 0 Å². The second kappa shape index (κ2) is 4.52. The van der Waals surface area contributed by atoms with Crippen LogP contribution < -0.4 is 5.32 Å². The lowest BCUT2D eigenvalue weighted by molar-refractivity contribution is -0.129. The number of amides is 1. The van der Waals surface area contributed by atoms with Crippen LogP contribution in [0.5, 0.6) is 0 Å². The van der Waals surface area contributed by atoms with Crippen LogP contribution in [-0.4, -0.2) is 37.0 Å². The third-order valence-corrected chi connectivity index (χ3v) is 2.86. The highest BCUT2D eigenvalue weighted by Gasteiger charge is 2.28. The van der Waals surface area contributed by atoms with Crippen molar-refractivity contribution in [1.82, 2.24) is 10.2 Å². The van der Waals surface area contributed by atoms with E-state index in [0.717, 1.165) is 19.5 Å². The predicted molar refractivity (Wildman–Crippen MR) is 62.7 cm³/mol. The third kappa shape index (κ3) is 3.82. The highest BCUT2D eigenvalue weighted by atomic mass is 16.2. The highest BCUT2D eigenvalue weighted by molar-refractivity contribution is 5.81. The average molecular weight is 212 g/mol. The van der Waals surface area contributed by atoms with E-state index in [-0.39, 0.29) is 11.3 Å².